The largest absolute Gasteiger partial charge is 0.409 e. The number of amidine groups is 1. The van der Waals surface area contributed by atoms with Crippen molar-refractivity contribution in [3.05, 3.63) is 22.4 Å². The lowest BCUT2D eigenvalue weighted by atomic mass is 9.61. The van der Waals surface area contributed by atoms with Crippen LogP contribution < -0.4 is 5.73 Å². The summed E-state index contributed by atoms with van der Waals surface area (Å²) in [4.78, 5) is 15.4. The molecule has 104 valence electrons. The number of carbonyl (C=O) groups is 1. The number of hydrogen-bond donors (Lipinski definition) is 2. The van der Waals surface area contributed by atoms with Crippen molar-refractivity contribution in [3.63, 3.8) is 0 Å². The molecule has 2 rings (SSSR count). The van der Waals surface area contributed by atoms with Crippen LogP contribution in [0.15, 0.2) is 22.7 Å². The Morgan fingerprint density at radius 2 is 2.37 bits per heavy atom. The van der Waals surface area contributed by atoms with Crippen LogP contribution >= 0.6 is 11.3 Å². The van der Waals surface area contributed by atoms with E-state index >= 15 is 0 Å². The number of thiophene rings is 1. The van der Waals surface area contributed by atoms with Crippen molar-refractivity contribution < 1.29 is 10.0 Å². The Morgan fingerprint density at radius 1 is 1.68 bits per heavy atom. The Balaban J connectivity index is 2.12. The molecule has 0 spiro atoms. The molecule has 1 heterocycles. The van der Waals surface area contributed by atoms with Gasteiger partial charge in [0.15, 0.2) is 5.84 Å². The molecule has 0 saturated heterocycles. The summed E-state index contributed by atoms with van der Waals surface area (Å²) in [6.07, 6.45) is 1.30. The van der Waals surface area contributed by atoms with E-state index in [0.717, 1.165) is 4.88 Å². The zero-order valence-electron chi connectivity index (χ0n) is 11.2. The highest BCUT2D eigenvalue weighted by molar-refractivity contribution is 7.09. The zero-order valence-corrected chi connectivity index (χ0v) is 12.0. The van der Waals surface area contributed by atoms with Crippen LogP contribution in [0, 0.1) is 11.3 Å². The first-order valence-corrected chi connectivity index (χ1v) is 7.13. The van der Waals surface area contributed by atoms with Gasteiger partial charge >= 0.3 is 0 Å². The summed E-state index contributed by atoms with van der Waals surface area (Å²) in [6.45, 7) is 2.63. The standard InChI is InChI=1S/C13H19N3O2S/c1-9-6-13(7-9,11(14)15-18)12(17)16(2)8-10-4-3-5-19-10/h3-5,9,18H,6-8H2,1-2H3,(H2,14,15). The third-order valence-corrected chi connectivity index (χ3v) is 4.58. The first kappa shape index (κ1) is 13.9. The van der Waals surface area contributed by atoms with E-state index < -0.39 is 5.41 Å². The van der Waals surface area contributed by atoms with Gasteiger partial charge in [0.1, 0.15) is 5.41 Å². The van der Waals surface area contributed by atoms with Crippen molar-refractivity contribution in [1.29, 1.82) is 0 Å². The van der Waals surface area contributed by atoms with Crippen molar-refractivity contribution in [2.75, 3.05) is 7.05 Å². The number of oxime groups is 1. The molecule has 1 aromatic heterocycles. The number of rotatable bonds is 4. The van der Waals surface area contributed by atoms with Crippen molar-refractivity contribution in [2.24, 2.45) is 22.2 Å². The number of amides is 1. The SMILES string of the molecule is CC1CC(C(=O)N(C)Cc2cccs2)(/C(N)=N/O)C1. The molecule has 1 aliphatic carbocycles. The van der Waals surface area contributed by atoms with Gasteiger partial charge in [-0.1, -0.05) is 18.1 Å². The molecule has 1 aromatic rings. The van der Waals surface area contributed by atoms with Crippen molar-refractivity contribution in [1.82, 2.24) is 4.90 Å². The third-order valence-electron chi connectivity index (χ3n) is 3.72. The second kappa shape index (κ2) is 5.21. The maximum atomic E-state index is 12.6. The summed E-state index contributed by atoms with van der Waals surface area (Å²) in [5, 5.41) is 14.0. The van der Waals surface area contributed by atoms with Crippen molar-refractivity contribution in [3.8, 4) is 0 Å². The van der Waals surface area contributed by atoms with E-state index in [0.29, 0.717) is 25.3 Å². The van der Waals surface area contributed by atoms with E-state index in [1.165, 1.54) is 0 Å². The zero-order chi connectivity index (χ0) is 14.0. The van der Waals surface area contributed by atoms with E-state index in [1.807, 2.05) is 17.5 Å². The lowest BCUT2D eigenvalue weighted by molar-refractivity contribution is -0.143. The summed E-state index contributed by atoms with van der Waals surface area (Å²) in [5.74, 6) is 0.405. The molecule has 1 fully saturated rings. The fourth-order valence-electron chi connectivity index (χ4n) is 2.79. The Morgan fingerprint density at radius 3 is 2.84 bits per heavy atom. The molecule has 6 heteroatoms. The number of hydrogen-bond acceptors (Lipinski definition) is 4. The summed E-state index contributed by atoms with van der Waals surface area (Å²) in [6, 6.07) is 3.96. The lowest BCUT2D eigenvalue weighted by Gasteiger charge is -2.45. The van der Waals surface area contributed by atoms with Gasteiger partial charge in [0, 0.05) is 11.9 Å². The van der Waals surface area contributed by atoms with Crippen LogP contribution in [-0.4, -0.2) is 28.9 Å². The molecular formula is C13H19N3O2S. The summed E-state index contributed by atoms with van der Waals surface area (Å²) in [5.41, 5.74) is 4.94. The molecule has 0 aromatic carbocycles. The van der Waals surface area contributed by atoms with Gasteiger partial charge in [0.05, 0.1) is 6.54 Å². The summed E-state index contributed by atoms with van der Waals surface area (Å²) < 4.78 is 0. The van der Waals surface area contributed by atoms with Gasteiger partial charge in [-0.3, -0.25) is 4.79 Å². The fourth-order valence-corrected chi connectivity index (χ4v) is 3.55. The molecule has 1 amide bonds. The topological polar surface area (TPSA) is 78.9 Å². The Hall–Kier alpha value is -1.56. The van der Waals surface area contributed by atoms with Crippen molar-refractivity contribution >= 4 is 23.1 Å². The van der Waals surface area contributed by atoms with Crippen LogP contribution in [0.3, 0.4) is 0 Å². The second-order valence-electron chi connectivity index (χ2n) is 5.32. The van der Waals surface area contributed by atoms with E-state index in [2.05, 4.69) is 12.1 Å². The molecule has 0 unspecified atom stereocenters. The molecule has 0 aliphatic heterocycles. The van der Waals surface area contributed by atoms with Gasteiger partial charge in [0.2, 0.25) is 5.91 Å². The highest BCUT2D eigenvalue weighted by Gasteiger charge is 2.53. The number of nitrogens with two attached hydrogens (primary N) is 1. The lowest BCUT2D eigenvalue weighted by Crippen LogP contribution is -2.56. The normalized spacial score (nSPS) is 26.8. The molecule has 0 bridgehead atoms. The minimum absolute atomic E-state index is 0.0358. The van der Waals surface area contributed by atoms with Gasteiger partial charge in [-0.05, 0) is 30.2 Å². The minimum Gasteiger partial charge on any atom is -0.409 e. The highest BCUT2D eigenvalue weighted by atomic mass is 32.1. The smallest absolute Gasteiger partial charge is 0.236 e. The molecular weight excluding hydrogens is 262 g/mol. The van der Waals surface area contributed by atoms with Gasteiger partial charge in [-0.15, -0.1) is 11.3 Å². The maximum Gasteiger partial charge on any atom is 0.236 e. The quantitative estimate of drug-likeness (QED) is 0.383. The molecule has 0 radical (unpaired) electrons. The van der Waals surface area contributed by atoms with E-state index in [9.17, 15) is 4.79 Å². The first-order chi connectivity index (χ1) is 8.99. The maximum absolute atomic E-state index is 12.6. The number of carbonyl (C=O) groups excluding carboxylic acids is 1. The van der Waals surface area contributed by atoms with E-state index in [1.54, 1.807) is 23.3 Å². The van der Waals surface area contributed by atoms with E-state index in [-0.39, 0.29) is 11.7 Å². The van der Waals surface area contributed by atoms with Gasteiger partial charge < -0.3 is 15.8 Å². The minimum atomic E-state index is -0.805. The van der Waals surface area contributed by atoms with Crippen LogP contribution in [-0.2, 0) is 11.3 Å². The monoisotopic (exact) mass is 281 g/mol. The van der Waals surface area contributed by atoms with Gasteiger partial charge in [-0.2, -0.15) is 0 Å². The van der Waals surface area contributed by atoms with E-state index in [4.69, 9.17) is 10.9 Å². The number of nitrogens with zero attached hydrogens (tertiary/aromatic N) is 2. The average molecular weight is 281 g/mol. The molecule has 3 N–H and O–H groups in total. The van der Waals surface area contributed by atoms with Crippen LogP contribution in [0.5, 0.6) is 0 Å². The van der Waals surface area contributed by atoms with Crippen molar-refractivity contribution in [2.45, 2.75) is 26.3 Å². The highest BCUT2D eigenvalue weighted by Crippen LogP contribution is 2.47. The predicted octanol–water partition coefficient (Wildman–Crippen LogP) is 1.87. The van der Waals surface area contributed by atoms with Crippen LogP contribution in [0.2, 0.25) is 0 Å². The first-order valence-electron chi connectivity index (χ1n) is 6.25. The average Bonchev–Trinajstić information content (AvgIpc) is 2.85. The second-order valence-corrected chi connectivity index (χ2v) is 6.35. The Bertz CT molecular complexity index is 478. The fraction of sp³-hybridized carbons (Fsp3) is 0.538. The third kappa shape index (κ3) is 2.45. The van der Waals surface area contributed by atoms with Gasteiger partial charge in [-0.25, -0.2) is 0 Å². The predicted molar refractivity (Wildman–Crippen MR) is 75.0 cm³/mol. The Labute approximate surface area is 116 Å². The molecule has 0 atom stereocenters. The summed E-state index contributed by atoms with van der Waals surface area (Å²) in [7, 11) is 1.76. The molecule has 1 aliphatic rings. The summed E-state index contributed by atoms with van der Waals surface area (Å²) >= 11 is 1.61. The Kier molecular flexibility index (Phi) is 3.80. The van der Waals surface area contributed by atoms with Crippen LogP contribution in [0.25, 0.3) is 0 Å². The molecule has 1 saturated carbocycles. The molecule has 5 nitrogen and oxygen atoms in total. The van der Waals surface area contributed by atoms with Crippen LogP contribution in [0.4, 0.5) is 0 Å². The van der Waals surface area contributed by atoms with Gasteiger partial charge in [0.25, 0.3) is 0 Å². The molecule has 19 heavy (non-hydrogen) atoms. The van der Waals surface area contributed by atoms with Crippen LogP contribution in [0.1, 0.15) is 24.6 Å².